The maximum absolute atomic E-state index is 12.6. The van der Waals surface area contributed by atoms with Crippen LogP contribution in [0.15, 0.2) is 18.2 Å². The van der Waals surface area contributed by atoms with Crippen LogP contribution in [0.3, 0.4) is 0 Å². The third-order valence-corrected chi connectivity index (χ3v) is 5.98. The zero-order valence-corrected chi connectivity index (χ0v) is 15.5. The Hall–Kier alpha value is -0.810. The molecule has 2 saturated heterocycles. The van der Waals surface area contributed by atoms with Crippen molar-refractivity contribution in [2.24, 2.45) is 0 Å². The van der Waals surface area contributed by atoms with Crippen LogP contribution in [0.25, 0.3) is 0 Å². The molecule has 1 aromatic rings. The number of piperidine rings is 2. The van der Waals surface area contributed by atoms with Crippen molar-refractivity contribution >= 4 is 29.1 Å². The molecule has 6 heteroatoms. The van der Waals surface area contributed by atoms with Crippen LogP contribution in [0, 0.1) is 0 Å². The molecule has 3 rings (SSSR count). The fourth-order valence-electron chi connectivity index (χ4n) is 3.72. The summed E-state index contributed by atoms with van der Waals surface area (Å²) in [5, 5.41) is 0.907. The minimum absolute atomic E-state index is 0.0464. The number of likely N-dealkylation sites (tertiary alicyclic amines) is 2. The average molecular weight is 371 g/mol. The largest absolute Gasteiger partial charge is 0.381 e. The molecule has 0 bridgehead atoms. The van der Waals surface area contributed by atoms with E-state index < -0.39 is 0 Å². The molecule has 1 aromatic carbocycles. The van der Waals surface area contributed by atoms with Gasteiger partial charge in [0.25, 0.3) is 5.91 Å². The summed E-state index contributed by atoms with van der Waals surface area (Å²) < 4.78 is 5.44. The van der Waals surface area contributed by atoms with E-state index in [9.17, 15) is 4.79 Å². The van der Waals surface area contributed by atoms with E-state index in [-0.39, 0.29) is 5.91 Å². The highest BCUT2D eigenvalue weighted by molar-refractivity contribution is 6.42. The van der Waals surface area contributed by atoms with Crippen LogP contribution in [0.2, 0.25) is 10.0 Å². The van der Waals surface area contributed by atoms with Crippen molar-refractivity contribution in [2.75, 3.05) is 33.3 Å². The summed E-state index contributed by atoms with van der Waals surface area (Å²) >= 11 is 12.0. The van der Waals surface area contributed by atoms with Gasteiger partial charge in [0.15, 0.2) is 0 Å². The van der Waals surface area contributed by atoms with Gasteiger partial charge in [0, 0.05) is 44.9 Å². The molecule has 0 saturated carbocycles. The lowest BCUT2D eigenvalue weighted by molar-refractivity contribution is 0.0145. The van der Waals surface area contributed by atoms with Gasteiger partial charge in [-0.2, -0.15) is 0 Å². The van der Waals surface area contributed by atoms with Crippen LogP contribution in [0.5, 0.6) is 0 Å². The fourth-order valence-corrected chi connectivity index (χ4v) is 4.02. The predicted octanol–water partition coefficient (Wildman–Crippen LogP) is 3.71. The molecule has 0 radical (unpaired) electrons. The van der Waals surface area contributed by atoms with E-state index in [0.29, 0.717) is 27.8 Å². The van der Waals surface area contributed by atoms with Crippen molar-refractivity contribution in [3.8, 4) is 0 Å². The molecule has 2 aliphatic rings. The van der Waals surface area contributed by atoms with E-state index in [1.807, 2.05) is 4.90 Å². The number of hydrogen-bond acceptors (Lipinski definition) is 3. The first-order valence-electron chi connectivity index (χ1n) is 8.59. The van der Waals surface area contributed by atoms with Gasteiger partial charge in [-0.25, -0.2) is 0 Å². The Balaban J connectivity index is 1.53. The molecule has 2 heterocycles. The van der Waals surface area contributed by atoms with Crippen molar-refractivity contribution in [1.29, 1.82) is 0 Å². The van der Waals surface area contributed by atoms with E-state index >= 15 is 0 Å². The lowest BCUT2D eigenvalue weighted by Crippen LogP contribution is -2.49. The van der Waals surface area contributed by atoms with Crippen molar-refractivity contribution in [1.82, 2.24) is 9.80 Å². The highest BCUT2D eigenvalue weighted by Crippen LogP contribution is 2.26. The van der Waals surface area contributed by atoms with Crippen LogP contribution < -0.4 is 0 Å². The van der Waals surface area contributed by atoms with Crippen LogP contribution in [-0.2, 0) is 4.74 Å². The van der Waals surface area contributed by atoms with E-state index in [2.05, 4.69) is 4.90 Å². The first-order valence-corrected chi connectivity index (χ1v) is 9.35. The lowest BCUT2D eigenvalue weighted by atomic mass is 9.98. The second-order valence-electron chi connectivity index (χ2n) is 6.62. The number of hydrogen-bond donors (Lipinski definition) is 0. The molecule has 0 atom stereocenters. The van der Waals surface area contributed by atoms with E-state index in [1.165, 1.54) is 0 Å². The summed E-state index contributed by atoms with van der Waals surface area (Å²) in [5.74, 6) is 0.0464. The first-order chi connectivity index (χ1) is 11.6. The second kappa shape index (κ2) is 8.05. The number of carbonyl (C=O) groups is 1. The van der Waals surface area contributed by atoms with E-state index in [1.54, 1.807) is 25.3 Å². The monoisotopic (exact) mass is 370 g/mol. The molecule has 132 valence electrons. The van der Waals surface area contributed by atoms with Gasteiger partial charge in [0.2, 0.25) is 0 Å². The van der Waals surface area contributed by atoms with Gasteiger partial charge >= 0.3 is 0 Å². The van der Waals surface area contributed by atoms with Crippen molar-refractivity contribution in [3.63, 3.8) is 0 Å². The first kappa shape index (κ1) is 18.0. The summed E-state index contributed by atoms with van der Waals surface area (Å²) in [4.78, 5) is 17.1. The Morgan fingerprint density at radius 1 is 1.04 bits per heavy atom. The van der Waals surface area contributed by atoms with Gasteiger partial charge in [-0.3, -0.25) is 4.79 Å². The summed E-state index contributed by atoms with van der Waals surface area (Å²) in [5.41, 5.74) is 0.615. The summed E-state index contributed by atoms with van der Waals surface area (Å²) in [6.07, 6.45) is 4.70. The number of rotatable bonds is 3. The van der Waals surface area contributed by atoms with Crippen LogP contribution >= 0.6 is 23.2 Å². The number of nitrogens with zero attached hydrogens (tertiary/aromatic N) is 2. The maximum Gasteiger partial charge on any atom is 0.253 e. The van der Waals surface area contributed by atoms with Gasteiger partial charge in [-0.05, 0) is 43.9 Å². The number of benzene rings is 1. The predicted molar refractivity (Wildman–Crippen MR) is 97.0 cm³/mol. The van der Waals surface area contributed by atoms with E-state index in [4.69, 9.17) is 27.9 Å². The second-order valence-corrected chi connectivity index (χ2v) is 7.44. The third-order valence-electron chi connectivity index (χ3n) is 5.24. The van der Waals surface area contributed by atoms with Crippen LogP contribution in [-0.4, -0.2) is 61.1 Å². The SMILES string of the molecule is COC1CCN(C2CCN(C(=O)c3ccc(Cl)c(Cl)c3)CC2)CC1. The Bertz CT molecular complexity index is 580. The molecular weight excluding hydrogens is 347 g/mol. The minimum atomic E-state index is 0.0464. The number of carbonyl (C=O) groups excluding carboxylic acids is 1. The van der Waals surface area contributed by atoms with Gasteiger partial charge in [0.05, 0.1) is 16.1 Å². The summed E-state index contributed by atoms with van der Waals surface area (Å²) in [6, 6.07) is 5.68. The van der Waals surface area contributed by atoms with Crippen molar-refractivity contribution in [3.05, 3.63) is 33.8 Å². The Kier molecular flexibility index (Phi) is 6.03. The molecule has 0 N–H and O–H groups in total. The van der Waals surface area contributed by atoms with Crippen molar-refractivity contribution in [2.45, 2.75) is 37.8 Å². The molecule has 0 spiro atoms. The summed E-state index contributed by atoms with van der Waals surface area (Å²) in [6.45, 7) is 3.80. The number of amides is 1. The zero-order valence-electron chi connectivity index (χ0n) is 14.0. The standard InChI is InChI=1S/C18H24Cl2N2O2/c1-24-15-6-10-21(11-7-15)14-4-8-22(9-5-14)18(23)13-2-3-16(19)17(20)12-13/h2-3,12,14-15H,4-11H2,1H3. The Morgan fingerprint density at radius 2 is 1.71 bits per heavy atom. The van der Waals surface area contributed by atoms with Crippen molar-refractivity contribution < 1.29 is 9.53 Å². The molecule has 2 fully saturated rings. The highest BCUT2D eigenvalue weighted by Gasteiger charge is 2.30. The molecule has 0 unspecified atom stereocenters. The Labute approximate surface area is 153 Å². The zero-order chi connectivity index (χ0) is 17.1. The number of halogens is 2. The van der Waals surface area contributed by atoms with Crippen LogP contribution in [0.4, 0.5) is 0 Å². The number of methoxy groups -OCH3 is 1. The molecular formula is C18H24Cl2N2O2. The highest BCUT2D eigenvalue weighted by atomic mass is 35.5. The number of ether oxygens (including phenoxy) is 1. The van der Waals surface area contributed by atoms with Gasteiger partial charge in [-0.15, -0.1) is 0 Å². The normalized spacial score (nSPS) is 21.2. The van der Waals surface area contributed by atoms with E-state index in [0.717, 1.165) is 51.9 Å². The topological polar surface area (TPSA) is 32.8 Å². The molecule has 4 nitrogen and oxygen atoms in total. The molecule has 1 amide bonds. The smallest absolute Gasteiger partial charge is 0.253 e. The quantitative estimate of drug-likeness (QED) is 0.812. The average Bonchev–Trinajstić information content (AvgIpc) is 2.63. The molecule has 24 heavy (non-hydrogen) atoms. The minimum Gasteiger partial charge on any atom is -0.381 e. The lowest BCUT2D eigenvalue weighted by Gasteiger charge is -2.41. The molecule has 0 aliphatic carbocycles. The van der Waals surface area contributed by atoms with Crippen LogP contribution in [0.1, 0.15) is 36.0 Å². The van der Waals surface area contributed by atoms with Gasteiger partial charge in [0.1, 0.15) is 0 Å². The molecule has 2 aliphatic heterocycles. The van der Waals surface area contributed by atoms with Gasteiger partial charge in [-0.1, -0.05) is 23.2 Å². The fraction of sp³-hybridized carbons (Fsp3) is 0.611. The Morgan fingerprint density at radius 3 is 2.29 bits per heavy atom. The summed E-state index contributed by atoms with van der Waals surface area (Å²) in [7, 11) is 1.80. The maximum atomic E-state index is 12.6. The van der Waals surface area contributed by atoms with Gasteiger partial charge < -0.3 is 14.5 Å². The third kappa shape index (κ3) is 4.05. The molecule has 0 aromatic heterocycles.